The standard InChI is InChI=1S/C19H25N3O.2ClH/c1-16-2-7-19(21-14-16)23-13-8-17-3-5-18(6-4-17)15-22-11-9-20-10-12-22;;/h2-7,14,20H,8-13,15H2,1H3;2*1H. The molecular weight excluding hydrogens is 357 g/mol. The summed E-state index contributed by atoms with van der Waals surface area (Å²) in [6, 6.07) is 12.8. The van der Waals surface area contributed by atoms with Crippen LogP contribution >= 0.6 is 24.8 Å². The number of nitrogens with zero attached hydrogens (tertiary/aromatic N) is 2. The first kappa shape index (κ1) is 21.7. The highest BCUT2D eigenvalue weighted by molar-refractivity contribution is 5.85. The number of hydrogen-bond acceptors (Lipinski definition) is 4. The van der Waals surface area contributed by atoms with Crippen molar-refractivity contribution in [2.45, 2.75) is 19.9 Å². The maximum atomic E-state index is 5.69. The van der Waals surface area contributed by atoms with Crippen LogP contribution in [0.25, 0.3) is 0 Å². The topological polar surface area (TPSA) is 37.4 Å². The van der Waals surface area contributed by atoms with Gasteiger partial charge in [-0.1, -0.05) is 30.3 Å². The Morgan fingerprint density at radius 3 is 2.32 bits per heavy atom. The van der Waals surface area contributed by atoms with Gasteiger partial charge in [-0.25, -0.2) is 4.98 Å². The molecule has 1 aromatic carbocycles. The molecule has 1 saturated heterocycles. The molecule has 0 aliphatic carbocycles. The van der Waals surface area contributed by atoms with Crippen molar-refractivity contribution in [2.24, 2.45) is 0 Å². The second-order valence-corrected chi connectivity index (χ2v) is 6.11. The van der Waals surface area contributed by atoms with Crippen LogP contribution in [0.3, 0.4) is 0 Å². The van der Waals surface area contributed by atoms with Gasteiger partial charge in [0.1, 0.15) is 0 Å². The molecule has 0 radical (unpaired) electrons. The van der Waals surface area contributed by atoms with Gasteiger partial charge in [0.05, 0.1) is 6.61 Å². The maximum Gasteiger partial charge on any atom is 0.213 e. The summed E-state index contributed by atoms with van der Waals surface area (Å²) < 4.78 is 5.69. The van der Waals surface area contributed by atoms with Crippen molar-refractivity contribution in [3.63, 3.8) is 0 Å². The average Bonchev–Trinajstić information content (AvgIpc) is 2.59. The number of hydrogen-bond donors (Lipinski definition) is 1. The molecule has 0 spiro atoms. The zero-order chi connectivity index (χ0) is 15.9. The highest BCUT2D eigenvalue weighted by atomic mass is 35.5. The molecule has 0 bridgehead atoms. The molecule has 3 rings (SSSR count). The van der Waals surface area contributed by atoms with Gasteiger partial charge in [-0.15, -0.1) is 24.8 Å². The normalized spacial score (nSPS) is 14.3. The Morgan fingerprint density at radius 1 is 1.00 bits per heavy atom. The molecule has 0 saturated carbocycles. The molecule has 1 aliphatic rings. The number of aromatic nitrogens is 1. The number of piperazine rings is 1. The fraction of sp³-hybridized carbons (Fsp3) is 0.421. The van der Waals surface area contributed by atoms with Crippen molar-refractivity contribution in [1.29, 1.82) is 0 Å². The second-order valence-electron chi connectivity index (χ2n) is 6.11. The van der Waals surface area contributed by atoms with Crippen molar-refractivity contribution in [1.82, 2.24) is 15.2 Å². The first-order valence-electron chi connectivity index (χ1n) is 8.36. The van der Waals surface area contributed by atoms with Gasteiger partial charge < -0.3 is 10.1 Å². The minimum absolute atomic E-state index is 0. The van der Waals surface area contributed by atoms with Crippen molar-refractivity contribution >= 4 is 24.8 Å². The van der Waals surface area contributed by atoms with Crippen LogP contribution in [0, 0.1) is 6.92 Å². The van der Waals surface area contributed by atoms with E-state index in [1.54, 1.807) is 0 Å². The predicted molar refractivity (Wildman–Crippen MR) is 107 cm³/mol. The number of ether oxygens (including phenoxy) is 1. The molecule has 0 atom stereocenters. The maximum absolute atomic E-state index is 5.69. The SMILES string of the molecule is Cc1ccc(OCCc2ccc(CN3CCNCC3)cc2)nc1.Cl.Cl. The van der Waals surface area contributed by atoms with Crippen molar-refractivity contribution < 1.29 is 4.74 Å². The molecule has 0 unspecified atom stereocenters. The molecule has 2 heterocycles. The summed E-state index contributed by atoms with van der Waals surface area (Å²) in [5.74, 6) is 0.700. The minimum atomic E-state index is 0. The summed E-state index contributed by atoms with van der Waals surface area (Å²) in [4.78, 5) is 6.75. The van der Waals surface area contributed by atoms with E-state index in [4.69, 9.17) is 4.74 Å². The van der Waals surface area contributed by atoms with Gasteiger partial charge >= 0.3 is 0 Å². The van der Waals surface area contributed by atoms with E-state index in [2.05, 4.69) is 39.5 Å². The lowest BCUT2D eigenvalue weighted by molar-refractivity contribution is 0.233. The Bertz CT molecular complexity index is 599. The third-order valence-electron chi connectivity index (χ3n) is 4.16. The van der Waals surface area contributed by atoms with Crippen LogP contribution in [0.1, 0.15) is 16.7 Å². The van der Waals surface area contributed by atoms with Crippen molar-refractivity contribution in [3.05, 3.63) is 59.3 Å². The Hall–Kier alpha value is -1.33. The Morgan fingerprint density at radius 2 is 1.68 bits per heavy atom. The number of rotatable bonds is 6. The Balaban J connectivity index is 0.00000156. The monoisotopic (exact) mass is 383 g/mol. The van der Waals surface area contributed by atoms with E-state index in [-0.39, 0.29) is 24.8 Å². The molecule has 1 aromatic heterocycles. The van der Waals surface area contributed by atoms with Gasteiger partial charge in [0.15, 0.2) is 0 Å². The molecule has 1 fully saturated rings. The Kier molecular flexibility index (Phi) is 9.83. The van der Waals surface area contributed by atoms with Crippen LogP contribution in [0.4, 0.5) is 0 Å². The quantitative estimate of drug-likeness (QED) is 0.830. The van der Waals surface area contributed by atoms with Gasteiger partial charge in [0, 0.05) is 51.4 Å². The molecule has 4 nitrogen and oxygen atoms in total. The first-order valence-corrected chi connectivity index (χ1v) is 8.36. The van der Waals surface area contributed by atoms with Crippen molar-refractivity contribution in [2.75, 3.05) is 32.8 Å². The molecule has 1 aliphatic heterocycles. The Labute approximate surface area is 162 Å². The highest BCUT2D eigenvalue weighted by Crippen LogP contribution is 2.11. The number of nitrogens with one attached hydrogen (secondary N) is 1. The van der Waals surface area contributed by atoms with Crippen LogP contribution in [0.15, 0.2) is 42.6 Å². The zero-order valence-electron chi connectivity index (χ0n) is 14.6. The molecule has 6 heteroatoms. The average molecular weight is 384 g/mol. The van der Waals surface area contributed by atoms with E-state index in [9.17, 15) is 0 Å². The summed E-state index contributed by atoms with van der Waals surface area (Å²) in [6.45, 7) is 8.21. The van der Waals surface area contributed by atoms with Crippen molar-refractivity contribution in [3.8, 4) is 5.88 Å². The van der Waals surface area contributed by atoms with E-state index in [1.807, 2.05) is 25.3 Å². The predicted octanol–water partition coefficient (Wildman–Crippen LogP) is 3.26. The lowest BCUT2D eigenvalue weighted by atomic mass is 10.1. The molecule has 1 N–H and O–H groups in total. The van der Waals surface area contributed by atoms with Crippen LogP contribution < -0.4 is 10.1 Å². The van der Waals surface area contributed by atoms with E-state index in [0.29, 0.717) is 12.5 Å². The van der Waals surface area contributed by atoms with Gasteiger partial charge in [0.2, 0.25) is 5.88 Å². The highest BCUT2D eigenvalue weighted by Gasteiger charge is 2.09. The van der Waals surface area contributed by atoms with E-state index >= 15 is 0 Å². The number of halogens is 2. The first-order chi connectivity index (χ1) is 11.3. The molecular formula is C19H27Cl2N3O. The molecule has 25 heavy (non-hydrogen) atoms. The zero-order valence-corrected chi connectivity index (χ0v) is 16.2. The number of pyridine rings is 1. The number of benzene rings is 1. The van der Waals surface area contributed by atoms with Gasteiger partial charge in [-0.05, 0) is 23.6 Å². The summed E-state index contributed by atoms with van der Waals surface area (Å²) in [5.41, 5.74) is 3.84. The summed E-state index contributed by atoms with van der Waals surface area (Å²) in [5, 5.41) is 3.39. The van der Waals surface area contributed by atoms with Gasteiger partial charge in [-0.2, -0.15) is 0 Å². The smallest absolute Gasteiger partial charge is 0.213 e. The van der Waals surface area contributed by atoms with Crippen LogP contribution in [-0.4, -0.2) is 42.7 Å². The van der Waals surface area contributed by atoms with Crippen LogP contribution in [-0.2, 0) is 13.0 Å². The third-order valence-corrected chi connectivity index (χ3v) is 4.16. The molecule has 2 aromatic rings. The fourth-order valence-corrected chi connectivity index (χ4v) is 2.75. The van der Waals surface area contributed by atoms with E-state index in [0.717, 1.165) is 44.7 Å². The molecule has 138 valence electrons. The van der Waals surface area contributed by atoms with E-state index in [1.165, 1.54) is 11.1 Å². The van der Waals surface area contributed by atoms with E-state index < -0.39 is 0 Å². The van der Waals surface area contributed by atoms with Gasteiger partial charge in [0.25, 0.3) is 0 Å². The lowest BCUT2D eigenvalue weighted by Crippen LogP contribution is -2.42. The minimum Gasteiger partial charge on any atom is -0.477 e. The second kappa shape index (κ2) is 11.3. The summed E-state index contributed by atoms with van der Waals surface area (Å²) in [7, 11) is 0. The fourth-order valence-electron chi connectivity index (χ4n) is 2.75. The third kappa shape index (κ3) is 7.20. The lowest BCUT2D eigenvalue weighted by Gasteiger charge is -2.27. The largest absolute Gasteiger partial charge is 0.477 e. The molecule has 0 amide bonds. The van der Waals surface area contributed by atoms with Crippen LogP contribution in [0.5, 0.6) is 5.88 Å². The van der Waals surface area contributed by atoms with Gasteiger partial charge in [-0.3, -0.25) is 4.90 Å². The number of aryl methyl sites for hydroxylation is 1. The van der Waals surface area contributed by atoms with Crippen LogP contribution in [0.2, 0.25) is 0 Å². The summed E-state index contributed by atoms with van der Waals surface area (Å²) in [6.07, 6.45) is 2.74. The summed E-state index contributed by atoms with van der Waals surface area (Å²) >= 11 is 0.